The van der Waals surface area contributed by atoms with Crippen LogP contribution in [0.1, 0.15) is 0 Å². The van der Waals surface area contributed by atoms with Gasteiger partial charge in [0.1, 0.15) is 24.4 Å². The third kappa shape index (κ3) is 3.95. The molecule has 0 aliphatic carbocycles. The van der Waals surface area contributed by atoms with Crippen molar-refractivity contribution in [3.63, 3.8) is 0 Å². The second-order valence-corrected chi connectivity index (χ2v) is 4.03. The van der Waals surface area contributed by atoms with Crippen LogP contribution >= 0.6 is 0 Å². The van der Waals surface area contributed by atoms with E-state index in [1.54, 1.807) is 6.07 Å². The maximum absolute atomic E-state index is 9.62. The molecule has 0 radical (unpaired) electrons. The quantitative estimate of drug-likeness (QED) is 0.340. The zero-order valence-electron chi connectivity index (χ0n) is 10.1. The Labute approximate surface area is 109 Å². The van der Waals surface area contributed by atoms with E-state index in [1.165, 1.54) is 6.08 Å². The summed E-state index contributed by atoms with van der Waals surface area (Å²) >= 11 is 0. The summed E-state index contributed by atoms with van der Waals surface area (Å²) in [6.07, 6.45) is -5.42. The average Bonchev–Trinajstić information content (AvgIpc) is 2.43. The summed E-state index contributed by atoms with van der Waals surface area (Å²) in [5.74, 6) is 0. The molecule has 0 bridgehead atoms. The van der Waals surface area contributed by atoms with Crippen LogP contribution < -0.4 is 0 Å². The molecule has 5 N–H and O–H groups in total. The topological polar surface area (TPSA) is 143 Å². The lowest BCUT2D eigenvalue weighted by Crippen LogP contribution is -2.59. The molecule has 108 valence electrons. The van der Waals surface area contributed by atoms with Crippen LogP contribution in [0.15, 0.2) is 11.6 Å². The van der Waals surface area contributed by atoms with Gasteiger partial charge in [0.05, 0.1) is 31.5 Å². The van der Waals surface area contributed by atoms with Crippen LogP contribution in [0.2, 0.25) is 0 Å². The summed E-state index contributed by atoms with van der Waals surface area (Å²) in [4.78, 5) is 0. The molecule has 0 aromatic carbocycles. The molecular formula is C11H17NO7. The van der Waals surface area contributed by atoms with Gasteiger partial charge in [-0.25, -0.2) is 0 Å². The average molecular weight is 275 g/mol. The van der Waals surface area contributed by atoms with Crippen LogP contribution in [0.3, 0.4) is 0 Å². The first-order valence-electron chi connectivity index (χ1n) is 5.67. The molecule has 1 aliphatic rings. The Hall–Kier alpha value is -1.05. The molecule has 0 aromatic heterocycles. The first-order chi connectivity index (χ1) is 9.04. The Balaban J connectivity index is 2.58. The Bertz CT molecular complexity index is 351. The number of hydrogen-bond acceptors (Lipinski definition) is 8. The van der Waals surface area contributed by atoms with Gasteiger partial charge in [-0.15, -0.1) is 0 Å². The first-order valence-corrected chi connectivity index (χ1v) is 5.67. The second kappa shape index (κ2) is 7.52. The summed E-state index contributed by atoms with van der Waals surface area (Å²) in [5.41, 5.74) is 0.0876. The minimum atomic E-state index is -1.51. The third-order valence-electron chi connectivity index (χ3n) is 2.75. The van der Waals surface area contributed by atoms with Crippen molar-refractivity contribution in [1.29, 1.82) is 5.26 Å². The predicted molar refractivity (Wildman–Crippen MR) is 60.5 cm³/mol. The highest BCUT2D eigenvalue weighted by molar-refractivity contribution is 5.20. The van der Waals surface area contributed by atoms with Crippen molar-refractivity contribution >= 4 is 0 Å². The lowest BCUT2D eigenvalue weighted by molar-refractivity contribution is -0.298. The number of rotatable bonds is 5. The van der Waals surface area contributed by atoms with Crippen LogP contribution in [0, 0.1) is 11.3 Å². The van der Waals surface area contributed by atoms with E-state index in [0.717, 1.165) is 0 Å². The number of aliphatic hydroxyl groups is 5. The fraction of sp³-hybridized carbons (Fsp3) is 0.727. The van der Waals surface area contributed by atoms with E-state index in [0.29, 0.717) is 0 Å². The minimum absolute atomic E-state index is 0.0876. The Morgan fingerprint density at radius 1 is 1.21 bits per heavy atom. The molecule has 1 rings (SSSR count). The van der Waals surface area contributed by atoms with E-state index in [4.69, 9.17) is 24.9 Å². The van der Waals surface area contributed by atoms with Crippen molar-refractivity contribution < 1.29 is 35.0 Å². The molecular weight excluding hydrogens is 258 g/mol. The number of hydrogen-bond donors (Lipinski definition) is 5. The standard InChI is InChI=1S/C11H17NO7/c12-3-6(4-13)1-2-18-11-10(17)9(16)8(15)7(5-14)19-11/h1,7-11,13-17H,2,4-5H2/b6-1+/t7-,8-,9+,10+,11-/m1/s1. The molecule has 0 spiro atoms. The van der Waals surface area contributed by atoms with Gasteiger partial charge < -0.3 is 35.0 Å². The Kier molecular flexibility index (Phi) is 6.33. The first kappa shape index (κ1) is 16.0. The molecule has 19 heavy (non-hydrogen) atoms. The van der Waals surface area contributed by atoms with Crippen LogP contribution in [0.25, 0.3) is 0 Å². The number of aliphatic hydroxyl groups excluding tert-OH is 5. The normalized spacial score (nSPS) is 36.0. The monoisotopic (exact) mass is 275 g/mol. The molecule has 0 saturated carbocycles. The van der Waals surface area contributed by atoms with Gasteiger partial charge in [0.25, 0.3) is 0 Å². The van der Waals surface area contributed by atoms with Crippen LogP contribution in [0.5, 0.6) is 0 Å². The van der Waals surface area contributed by atoms with Gasteiger partial charge in [-0.05, 0) is 6.08 Å². The zero-order chi connectivity index (χ0) is 14.4. The molecule has 0 unspecified atom stereocenters. The Morgan fingerprint density at radius 2 is 1.89 bits per heavy atom. The molecule has 1 saturated heterocycles. The number of ether oxygens (including phenoxy) is 2. The Morgan fingerprint density at radius 3 is 2.42 bits per heavy atom. The van der Waals surface area contributed by atoms with E-state index < -0.39 is 43.9 Å². The van der Waals surface area contributed by atoms with Crippen molar-refractivity contribution in [1.82, 2.24) is 0 Å². The smallest absolute Gasteiger partial charge is 0.187 e. The van der Waals surface area contributed by atoms with Gasteiger partial charge in [-0.2, -0.15) is 5.26 Å². The maximum Gasteiger partial charge on any atom is 0.187 e. The molecule has 8 nitrogen and oxygen atoms in total. The highest BCUT2D eigenvalue weighted by Gasteiger charge is 2.43. The largest absolute Gasteiger partial charge is 0.394 e. The van der Waals surface area contributed by atoms with E-state index in [-0.39, 0.29) is 12.2 Å². The highest BCUT2D eigenvalue weighted by atomic mass is 16.7. The van der Waals surface area contributed by atoms with Crippen molar-refractivity contribution in [2.75, 3.05) is 19.8 Å². The van der Waals surface area contributed by atoms with Crippen LogP contribution in [0.4, 0.5) is 0 Å². The van der Waals surface area contributed by atoms with E-state index in [1.807, 2.05) is 0 Å². The van der Waals surface area contributed by atoms with Gasteiger partial charge in [0.2, 0.25) is 0 Å². The van der Waals surface area contributed by atoms with Gasteiger partial charge >= 0.3 is 0 Å². The highest BCUT2D eigenvalue weighted by Crippen LogP contribution is 2.21. The summed E-state index contributed by atoms with van der Waals surface area (Å²) in [6.45, 7) is -1.11. The molecule has 1 heterocycles. The van der Waals surface area contributed by atoms with Crippen molar-refractivity contribution in [3.05, 3.63) is 11.6 Å². The fourth-order valence-corrected chi connectivity index (χ4v) is 1.59. The van der Waals surface area contributed by atoms with Gasteiger partial charge in [0, 0.05) is 0 Å². The lowest BCUT2D eigenvalue weighted by atomic mass is 9.99. The van der Waals surface area contributed by atoms with Gasteiger partial charge in [-0.1, -0.05) is 0 Å². The summed E-state index contributed by atoms with van der Waals surface area (Å²) in [5, 5.41) is 54.9. The van der Waals surface area contributed by atoms with Crippen molar-refractivity contribution in [3.8, 4) is 6.07 Å². The van der Waals surface area contributed by atoms with Crippen molar-refractivity contribution in [2.45, 2.75) is 30.7 Å². The predicted octanol–water partition coefficient (Wildman–Crippen LogP) is -2.75. The molecule has 0 aromatic rings. The van der Waals surface area contributed by atoms with Crippen molar-refractivity contribution in [2.24, 2.45) is 0 Å². The molecule has 0 amide bonds. The fourth-order valence-electron chi connectivity index (χ4n) is 1.59. The van der Waals surface area contributed by atoms with Gasteiger partial charge in [-0.3, -0.25) is 0 Å². The number of nitriles is 1. The lowest BCUT2D eigenvalue weighted by Gasteiger charge is -2.39. The molecule has 1 aliphatic heterocycles. The summed E-state index contributed by atoms with van der Waals surface area (Å²) < 4.78 is 10.2. The number of nitrogens with zero attached hydrogens (tertiary/aromatic N) is 1. The third-order valence-corrected chi connectivity index (χ3v) is 2.75. The van der Waals surface area contributed by atoms with Crippen LogP contribution in [-0.2, 0) is 9.47 Å². The molecule has 8 heteroatoms. The van der Waals surface area contributed by atoms with E-state index >= 15 is 0 Å². The molecule has 5 atom stereocenters. The maximum atomic E-state index is 9.62. The SMILES string of the molecule is N#C/C(=C\CO[C@@H]1O[C@H](CO)[C@@H](O)[C@H](O)[C@@H]1O)CO. The summed E-state index contributed by atoms with van der Waals surface area (Å²) in [6, 6.07) is 1.73. The molecule has 1 fully saturated rings. The summed E-state index contributed by atoms with van der Waals surface area (Å²) in [7, 11) is 0. The van der Waals surface area contributed by atoms with E-state index in [2.05, 4.69) is 0 Å². The minimum Gasteiger partial charge on any atom is -0.394 e. The van der Waals surface area contributed by atoms with Gasteiger partial charge in [0.15, 0.2) is 6.29 Å². The van der Waals surface area contributed by atoms with E-state index in [9.17, 15) is 15.3 Å². The zero-order valence-corrected chi connectivity index (χ0v) is 10.1. The van der Waals surface area contributed by atoms with Crippen LogP contribution in [-0.4, -0.2) is 76.1 Å². The second-order valence-electron chi connectivity index (χ2n) is 4.03.